The normalized spacial score (nSPS) is 14.6. The number of nitrogens with zero attached hydrogens (tertiary/aromatic N) is 2. The summed E-state index contributed by atoms with van der Waals surface area (Å²) in [5.74, 6) is -0.811. The molecule has 1 aliphatic rings. The number of carbonyl (C=O) groups excluding carboxylic acids is 2. The summed E-state index contributed by atoms with van der Waals surface area (Å²) in [6, 6.07) is 7.11. The molecule has 0 atom stereocenters. The summed E-state index contributed by atoms with van der Waals surface area (Å²) in [5.41, 5.74) is 0.839. The number of amides is 1. The number of ether oxygens (including phenoxy) is 3. The summed E-state index contributed by atoms with van der Waals surface area (Å²) in [4.78, 5) is 28.9. The summed E-state index contributed by atoms with van der Waals surface area (Å²) < 4.78 is 42.7. The molecular weight excluding hydrogens is 438 g/mol. The van der Waals surface area contributed by atoms with Crippen molar-refractivity contribution < 1.29 is 32.2 Å². The second-order valence-corrected chi connectivity index (χ2v) is 8.82. The topological polar surface area (TPSA) is 124 Å². The SMILES string of the molecule is CCOC(=O)c1ccc(C(=O)Nc2cc(S(=O)(=O)N3CCOCC3)ccc2OC)nc1C. The number of rotatable bonds is 7. The van der Waals surface area contributed by atoms with Crippen molar-refractivity contribution in [3.63, 3.8) is 0 Å². The fraction of sp³-hybridized carbons (Fsp3) is 0.381. The Morgan fingerprint density at radius 3 is 2.53 bits per heavy atom. The maximum absolute atomic E-state index is 13.0. The fourth-order valence-electron chi connectivity index (χ4n) is 3.18. The van der Waals surface area contributed by atoms with Crippen LogP contribution in [-0.2, 0) is 19.5 Å². The highest BCUT2D eigenvalue weighted by molar-refractivity contribution is 7.89. The van der Waals surface area contributed by atoms with Gasteiger partial charge in [-0.25, -0.2) is 18.2 Å². The van der Waals surface area contributed by atoms with E-state index >= 15 is 0 Å². The maximum atomic E-state index is 13.0. The van der Waals surface area contributed by atoms with E-state index in [9.17, 15) is 18.0 Å². The van der Waals surface area contributed by atoms with Crippen molar-refractivity contribution in [3.8, 4) is 5.75 Å². The van der Waals surface area contributed by atoms with Gasteiger partial charge in [0, 0.05) is 13.1 Å². The summed E-state index contributed by atoms with van der Waals surface area (Å²) in [7, 11) is -2.34. The first kappa shape index (κ1) is 23.6. The third-order valence-electron chi connectivity index (χ3n) is 4.84. The minimum absolute atomic E-state index is 0.0253. The number of aryl methyl sites for hydroxylation is 1. The lowest BCUT2D eigenvalue weighted by molar-refractivity contribution is 0.0524. The zero-order valence-electron chi connectivity index (χ0n) is 18.1. The summed E-state index contributed by atoms with van der Waals surface area (Å²) in [5, 5.41) is 2.64. The highest BCUT2D eigenvalue weighted by Gasteiger charge is 2.27. The van der Waals surface area contributed by atoms with E-state index < -0.39 is 21.9 Å². The zero-order chi connectivity index (χ0) is 23.3. The number of sulfonamides is 1. The lowest BCUT2D eigenvalue weighted by atomic mass is 10.2. The first-order valence-electron chi connectivity index (χ1n) is 10.00. The van der Waals surface area contributed by atoms with Crippen LogP contribution in [0.3, 0.4) is 0 Å². The van der Waals surface area contributed by atoms with Crippen molar-refractivity contribution in [2.75, 3.05) is 45.3 Å². The molecule has 0 radical (unpaired) electrons. The molecular formula is C21H25N3O7S. The Hall–Kier alpha value is -3.02. The van der Waals surface area contributed by atoms with Crippen molar-refractivity contribution >= 4 is 27.6 Å². The number of hydrogen-bond acceptors (Lipinski definition) is 8. The Balaban J connectivity index is 1.86. The van der Waals surface area contributed by atoms with Gasteiger partial charge in [-0.05, 0) is 44.2 Å². The number of benzene rings is 1. The molecule has 172 valence electrons. The Bertz CT molecular complexity index is 1110. The molecule has 2 heterocycles. The standard InChI is InChI=1S/C21H25N3O7S/c1-4-31-21(26)16-6-7-17(22-14(16)2)20(25)23-18-13-15(5-8-19(18)29-3)32(27,28)24-9-11-30-12-10-24/h5-8,13H,4,9-12H2,1-3H3,(H,23,25). The van der Waals surface area contributed by atoms with E-state index in [1.807, 2.05) is 0 Å². The monoisotopic (exact) mass is 463 g/mol. The summed E-state index contributed by atoms with van der Waals surface area (Å²) in [6.07, 6.45) is 0. The summed E-state index contributed by atoms with van der Waals surface area (Å²) in [6.45, 7) is 4.68. The number of aromatic nitrogens is 1. The second kappa shape index (κ2) is 10.1. The molecule has 0 bridgehead atoms. The van der Waals surface area contributed by atoms with Gasteiger partial charge >= 0.3 is 5.97 Å². The molecule has 1 saturated heterocycles. The van der Waals surface area contributed by atoms with Gasteiger partial charge in [0.2, 0.25) is 10.0 Å². The van der Waals surface area contributed by atoms with Gasteiger partial charge in [0.05, 0.1) is 48.8 Å². The number of anilines is 1. The Kier molecular flexibility index (Phi) is 7.44. The van der Waals surface area contributed by atoms with Crippen molar-refractivity contribution in [1.29, 1.82) is 0 Å². The van der Waals surface area contributed by atoms with Crippen molar-refractivity contribution in [2.24, 2.45) is 0 Å². The fourth-order valence-corrected chi connectivity index (χ4v) is 4.61. The highest BCUT2D eigenvalue weighted by Crippen LogP contribution is 2.29. The molecule has 1 fully saturated rings. The Morgan fingerprint density at radius 1 is 1.19 bits per heavy atom. The average molecular weight is 464 g/mol. The second-order valence-electron chi connectivity index (χ2n) is 6.88. The molecule has 0 saturated carbocycles. The van der Waals surface area contributed by atoms with Gasteiger partial charge in [-0.1, -0.05) is 0 Å². The minimum atomic E-state index is -3.76. The van der Waals surface area contributed by atoms with E-state index in [1.165, 1.54) is 41.7 Å². The van der Waals surface area contributed by atoms with Gasteiger partial charge in [0.15, 0.2) is 0 Å². The zero-order valence-corrected chi connectivity index (χ0v) is 18.9. The van der Waals surface area contributed by atoms with Gasteiger partial charge in [-0.15, -0.1) is 0 Å². The molecule has 32 heavy (non-hydrogen) atoms. The van der Waals surface area contributed by atoms with Crippen LogP contribution < -0.4 is 10.1 Å². The molecule has 2 aromatic rings. The molecule has 0 aliphatic carbocycles. The van der Waals surface area contributed by atoms with E-state index in [1.54, 1.807) is 13.8 Å². The molecule has 1 N–H and O–H groups in total. The van der Waals surface area contributed by atoms with Crippen molar-refractivity contribution in [2.45, 2.75) is 18.7 Å². The lowest BCUT2D eigenvalue weighted by Crippen LogP contribution is -2.40. The van der Waals surface area contributed by atoms with Crippen LogP contribution in [0.15, 0.2) is 35.2 Å². The van der Waals surface area contributed by atoms with E-state index in [0.717, 1.165) is 0 Å². The number of methoxy groups -OCH3 is 1. The van der Waals surface area contributed by atoms with Crippen LogP contribution in [0.1, 0.15) is 33.5 Å². The predicted molar refractivity (Wildman–Crippen MR) is 115 cm³/mol. The maximum Gasteiger partial charge on any atom is 0.339 e. The number of carbonyl (C=O) groups is 2. The highest BCUT2D eigenvalue weighted by atomic mass is 32.2. The molecule has 11 heteroatoms. The van der Waals surface area contributed by atoms with Crippen LogP contribution in [0.5, 0.6) is 5.75 Å². The number of esters is 1. The van der Waals surface area contributed by atoms with Gasteiger partial charge < -0.3 is 19.5 Å². The molecule has 10 nitrogen and oxygen atoms in total. The average Bonchev–Trinajstić information content (AvgIpc) is 2.79. The van der Waals surface area contributed by atoms with E-state index in [-0.39, 0.29) is 41.5 Å². The molecule has 3 rings (SSSR count). The largest absolute Gasteiger partial charge is 0.495 e. The van der Waals surface area contributed by atoms with Crippen LogP contribution in [0.25, 0.3) is 0 Å². The van der Waals surface area contributed by atoms with Crippen LogP contribution >= 0.6 is 0 Å². The van der Waals surface area contributed by atoms with Crippen LogP contribution in [-0.4, -0.2) is 69.6 Å². The Labute approximate surface area is 186 Å². The lowest BCUT2D eigenvalue weighted by Gasteiger charge is -2.26. The third-order valence-corrected chi connectivity index (χ3v) is 6.74. The number of nitrogens with one attached hydrogen (secondary N) is 1. The first-order chi connectivity index (χ1) is 15.3. The van der Waals surface area contributed by atoms with Gasteiger partial charge in [-0.2, -0.15) is 4.31 Å². The number of hydrogen-bond donors (Lipinski definition) is 1. The van der Waals surface area contributed by atoms with E-state index in [2.05, 4.69) is 10.3 Å². The quantitative estimate of drug-likeness (QED) is 0.617. The first-order valence-corrected chi connectivity index (χ1v) is 11.4. The molecule has 1 aromatic heterocycles. The molecule has 0 spiro atoms. The third kappa shape index (κ3) is 5.06. The Morgan fingerprint density at radius 2 is 1.91 bits per heavy atom. The number of pyridine rings is 1. The molecule has 1 aliphatic heterocycles. The van der Waals surface area contributed by atoms with Gasteiger partial charge in [0.25, 0.3) is 5.91 Å². The smallest absolute Gasteiger partial charge is 0.339 e. The van der Waals surface area contributed by atoms with Crippen molar-refractivity contribution in [3.05, 3.63) is 47.3 Å². The molecule has 1 aromatic carbocycles. The van der Waals surface area contributed by atoms with Crippen LogP contribution in [0.2, 0.25) is 0 Å². The van der Waals surface area contributed by atoms with E-state index in [0.29, 0.717) is 24.7 Å². The van der Waals surface area contributed by atoms with Gasteiger partial charge in [0.1, 0.15) is 11.4 Å². The van der Waals surface area contributed by atoms with Gasteiger partial charge in [-0.3, -0.25) is 4.79 Å². The van der Waals surface area contributed by atoms with E-state index in [4.69, 9.17) is 14.2 Å². The summed E-state index contributed by atoms with van der Waals surface area (Å²) >= 11 is 0. The predicted octanol–water partition coefficient (Wildman–Crippen LogP) is 1.85. The van der Waals surface area contributed by atoms with Crippen LogP contribution in [0, 0.1) is 6.92 Å². The number of morpholine rings is 1. The molecule has 0 unspecified atom stereocenters. The molecule has 1 amide bonds. The minimum Gasteiger partial charge on any atom is -0.495 e. The van der Waals surface area contributed by atoms with Crippen molar-refractivity contribution in [1.82, 2.24) is 9.29 Å². The van der Waals surface area contributed by atoms with Crippen LogP contribution in [0.4, 0.5) is 5.69 Å².